The van der Waals surface area contributed by atoms with Crippen LogP contribution in [0.4, 0.5) is 0 Å². The van der Waals surface area contributed by atoms with Crippen molar-refractivity contribution in [1.29, 1.82) is 0 Å². The van der Waals surface area contributed by atoms with Gasteiger partial charge in [0.2, 0.25) is 0 Å². The maximum Gasteiger partial charge on any atom is 0.148 e. The van der Waals surface area contributed by atoms with Crippen LogP contribution in [-0.2, 0) is 0 Å². The second-order valence-electron chi connectivity index (χ2n) is 6.27. The molecule has 4 aromatic rings. The molecule has 0 aliphatic rings. The molecule has 0 N–H and O–H groups in total. The Bertz CT molecular complexity index is 1070. The average molecular weight is 482 g/mol. The number of halogens is 1. The molecule has 0 aliphatic carbocycles. The Morgan fingerprint density at radius 2 is 1.11 bits per heavy atom. The highest BCUT2D eigenvalue weighted by atomic mass is 127. The molecule has 0 saturated carbocycles. The molecule has 1 aromatic heterocycles. The lowest BCUT2D eigenvalue weighted by atomic mass is 10.0. The number of rotatable bonds is 5. The van der Waals surface area contributed by atoms with Gasteiger partial charge in [0, 0.05) is 16.7 Å². The molecule has 0 spiro atoms. The maximum absolute atomic E-state index is 6.42. The third-order valence-corrected chi connectivity index (χ3v) is 5.65. The predicted molar refractivity (Wildman–Crippen MR) is 121 cm³/mol. The summed E-state index contributed by atoms with van der Waals surface area (Å²) >= 11 is 2.38. The minimum Gasteiger partial charge on any atom is -0.497 e. The zero-order valence-corrected chi connectivity index (χ0v) is 17.8. The summed E-state index contributed by atoms with van der Waals surface area (Å²) in [5.74, 6) is 3.37. The van der Waals surface area contributed by atoms with Gasteiger partial charge >= 0.3 is 0 Å². The third kappa shape index (κ3) is 3.52. The number of hydrogen-bond acceptors (Lipinski definition) is 3. The summed E-state index contributed by atoms with van der Waals surface area (Å²) in [5.41, 5.74) is 4.22. The fourth-order valence-electron chi connectivity index (χ4n) is 3.15. The fourth-order valence-corrected chi connectivity index (χ4v) is 4.13. The van der Waals surface area contributed by atoms with Gasteiger partial charge in [0.05, 0.1) is 17.8 Å². The zero-order chi connectivity index (χ0) is 19.5. The van der Waals surface area contributed by atoms with Crippen molar-refractivity contribution in [3.8, 4) is 45.3 Å². The third-order valence-electron chi connectivity index (χ3n) is 4.62. The van der Waals surface area contributed by atoms with E-state index in [4.69, 9.17) is 13.9 Å². The molecule has 0 aliphatic heterocycles. The number of ether oxygens (including phenoxy) is 2. The van der Waals surface area contributed by atoms with Crippen LogP contribution in [0.1, 0.15) is 0 Å². The van der Waals surface area contributed by atoms with Crippen LogP contribution in [0, 0.1) is 3.57 Å². The smallest absolute Gasteiger partial charge is 0.148 e. The SMILES string of the molecule is COc1ccc(-c2oc(-c3ccccc3)c(I)c2-c2ccc(OC)cc2)cc1. The Morgan fingerprint density at radius 1 is 0.607 bits per heavy atom. The summed E-state index contributed by atoms with van der Waals surface area (Å²) in [6.45, 7) is 0. The van der Waals surface area contributed by atoms with Crippen molar-refractivity contribution in [1.82, 2.24) is 0 Å². The average Bonchev–Trinajstić information content (AvgIpc) is 3.11. The molecule has 140 valence electrons. The highest BCUT2D eigenvalue weighted by molar-refractivity contribution is 14.1. The van der Waals surface area contributed by atoms with Crippen molar-refractivity contribution in [3.63, 3.8) is 0 Å². The molecule has 4 heteroatoms. The van der Waals surface area contributed by atoms with E-state index in [1.165, 1.54) is 0 Å². The summed E-state index contributed by atoms with van der Waals surface area (Å²) < 4.78 is 18.1. The van der Waals surface area contributed by atoms with Crippen LogP contribution in [0.2, 0.25) is 0 Å². The Hall–Kier alpha value is -2.73. The Labute approximate surface area is 178 Å². The van der Waals surface area contributed by atoms with Gasteiger partial charge in [-0.2, -0.15) is 0 Å². The Morgan fingerprint density at radius 3 is 1.64 bits per heavy atom. The van der Waals surface area contributed by atoms with E-state index in [-0.39, 0.29) is 0 Å². The van der Waals surface area contributed by atoms with Gasteiger partial charge < -0.3 is 13.9 Å². The molecular formula is C24H19IO3. The number of methoxy groups -OCH3 is 2. The molecule has 0 saturated heterocycles. The quantitative estimate of drug-likeness (QED) is 0.290. The molecule has 0 radical (unpaired) electrons. The number of benzene rings is 3. The van der Waals surface area contributed by atoms with Crippen molar-refractivity contribution in [2.24, 2.45) is 0 Å². The largest absolute Gasteiger partial charge is 0.497 e. The minimum atomic E-state index is 0.819. The summed E-state index contributed by atoms with van der Waals surface area (Å²) in [5, 5.41) is 0. The van der Waals surface area contributed by atoms with Crippen LogP contribution in [0.15, 0.2) is 83.3 Å². The van der Waals surface area contributed by atoms with Crippen molar-refractivity contribution in [2.45, 2.75) is 0 Å². The van der Waals surface area contributed by atoms with Crippen molar-refractivity contribution < 1.29 is 13.9 Å². The second kappa shape index (κ2) is 8.10. The van der Waals surface area contributed by atoms with E-state index in [9.17, 15) is 0 Å². The lowest BCUT2D eigenvalue weighted by Gasteiger charge is -2.06. The van der Waals surface area contributed by atoms with E-state index in [2.05, 4.69) is 46.9 Å². The Balaban J connectivity index is 1.91. The van der Waals surface area contributed by atoms with Gasteiger partial charge in [-0.1, -0.05) is 42.5 Å². The van der Waals surface area contributed by atoms with Crippen LogP contribution in [0.25, 0.3) is 33.8 Å². The maximum atomic E-state index is 6.42. The van der Waals surface area contributed by atoms with Gasteiger partial charge in [0.15, 0.2) is 0 Å². The van der Waals surface area contributed by atoms with E-state index in [0.717, 1.165) is 48.8 Å². The van der Waals surface area contributed by atoms with Crippen LogP contribution in [-0.4, -0.2) is 14.2 Å². The number of furan rings is 1. The van der Waals surface area contributed by atoms with Gasteiger partial charge in [0.25, 0.3) is 0 Å². The van der Waals surface area contributed by atoms with Crippen LogP contribution in [0.3, 0.4) is 0 Å². The molecule has 0 amide bonds. The lowest BCUT2D eigenvalue weighted by molar-refractivity contribution is 0.414. The van der Waals surface area contributed by atoms with E-state index in [1.54, 1.807) is 14.2 Å². The monoisotopic (exact) mass is 482 g/mol. The summed E-state index contributed by atoms with van der Waals surface area (Å²) in [6, 6.07) is 26.2. The lowest BCUT2D eigenvalue weighted by Crippen LogP contribution is -1.86. The molecular weight excluding hydrogens is 463 g/mol. The summed E-state index contributed by atoms with van der Waals surface area (Å²) in [4.78, 5) is 0. The number of hydrogen-bond donors (Lipinski definition) is 0. The molecule has 0 unspecified atom stereocenters. The summed E-state index contributed by atoms with van der Waals surface area (Å²) in [6.07, 6.45) is 0. The molecule has 3 aromatic carbocycles. The van der Waals surface area contributed by atoms with Crippen LogP contribution >= 0.6 is 22.6 Å². The van der Waals surface area contributed by atoms with Gasteiger partial charge in [-0.05, 0) is 64.6 Å². The first kappa shape index (κ1) is 18.6. The Kier molecular flexibility index (Phi) is 5.39. The van der Waals surface area contributed by atoms with Crippen molar-refractivity contribution in [3.05, 3.63) is 82.4 Å². The second-order valence-corrected chi connectivity index (χ2v) is 7.35. The highest BCUT2D eigenvalue weighted by Gasteiger charge is 2.22. The molecule has 0 atom stereocenters. The normalized spacial score (nSPS) is 10.7. The minimum absolute atomic E-state index is 0.819. The molecule has 3 nitrogen and oxygen atoms in total. The van der Waals surface area contributed by atoms with E-state index in [1.807, 2.05) is 54.6 Å². The van der Waals surface area contributed by atoms with Gasteiger partial charge in [-0.25, -0.2) is 0 Å². The van der Waals surface area contributed by atoms with E-state index >= 15 is 0 Å². The van der Waals surface area contributed by atoms with Crippen LogP contribution in [0.5, 0.6) is 11.5 Å². The first-order valence-electron chi connectivity index (χ1n) is 8.88. The van der Waals surface area contributed by atoms with Gasteiger partial charge in [-0.3, -0.25) is 0 Å². The van der Waals surface area contributed by atoms with Crippen molar-refractivity contribution >= 4 is 22.6 Å². The van der Waals surface area contributed by atoms with Crippen LogP contribution < -0.4 is 9.47 Å². The molecule has 0 fully saturated rings. The fraction of sp³-hybridized carbons (Fsp3) is 0.0833. The van der Waals surface area contributed by atoms with Gasteiger partial charge in [-0.15, -0.1) is 0 Å². The predicted octanol–water partition coefficient (Wildman–Crippen LogP) is 6.90. The van der Waals surface area contributed by atoms with E-state index < -0.39 is 0 Å². The standard InChI is InChI=1S/C24H19IO3/c1-26-19-12-8-16(9-13-19)21-22(25)24(17-6-4-3-5-7-17)28-23(21)18-10-14-20(27-2)15-11-18/h3-15H,1-2H3. The molecule has 0 bridgehead atoms. The van der Waals surface area contributed by atoms with Crippen molar-refractivity contribution in [2.75, 3.05) is 14.2 Å². The molecule has 28 heavy (non-hydrogen) atoms. The first-order chi connectivity index (χ1) is 13.7. The topological polar surface area (TPSA) is 31.6 Å². The zero-order valence-electron chi connectivity index (χ0n) is 15.6. The summed E-state index contributed by atoms with van der Waals surface area (Å²) in [7, 11) is 3.34. The molecule has 1 heterocycles. The molecule has 4 rings (SSSR count). The highest BCUT2D eigenvalue weighted by Crippen LogP contribution is 2.44. The first-order valence-corrected chi connectivity index (χ1v) is 9.95. The van der Waals surface area contributed by atoms with Gasteiger partial charge in [0.1, 0.15) is 23.0 Å². The van der Waals surface area contributed by atoms with E-state index in [0.29, 0.717) is 0 Å².